The van der Waals surface area contributed by atoms with Crippen molar-refractivity contribution in [2.24, 2.45) is 5.92 Å². The van der Waals surface area contributed by atoms with E-state index in [9.17, 15) is 4.79 Å². The summed E-state index contributed by atoms with van der Waals surface area (Å²) in [5.41, 5.74) is 0. The number of aromatic nitrogens is 2. The van der Waals surface area contributed by atoms with Crippen molar-refractivity contribution in [1.82, 2.24) is 15.3 Å². The van der Waals surface area contributed by atoms with Gasteiger partial charge in [0, 0.05) is 45.8 Å². The Morgan fingerprint density at radius 3 is 2.65 bits per heavy atom. The number of piperidine rings is 1. The quantitative estimate of drug-likeness (QED) is 0.897. The lowest BCUT2D eigenvalue weighted by Gasteiger charge is -2.33. The molecule has 0 unspecified atom stereocenters. The summed E-state index contributed by atoms with van der Waals surface area (Å²) < 4.78 is 0. The van der Waals surface area contributed by atoms with Crippen LogP contribution in [0.4, 0.5) is 11.8 Å². The minimum atomic E-state index is 0.235. The minimum Gasteiger partial charge on any atom is -0.363 e. The normalized spacial score (nSPS) is 19.3. The Kier molecular flexibility index (Phi) is 4.98. The van der Waals surface area contributed by atoms with Crippen LogP contribution < -0.4 is 15.1 Å². The van der Waals surface area contributed by atoms with Crippen molar-refractivity contribution in [2.45, 2.75) is 44.6 Å². The van der Waals surface area contributed by atoms with Gasteiger partial charge in [0.2, 0.25) is 11.9 Å². The SMILES string of the molecule is CN(C)c1ccnc(N2CCC(CC(=O)NC3CCC3)CC2)n1. The number of carbonyl (C=O) groups excluding carboxylic acids is 1. The summed E-state index contributed by atoms with van der Waals surface area (Å²) in [4.78, 5) is 25.2. The molecule has 2 fully saturated rings. The predicted molar refractivity (Wildman–Crippen MR) is 91.7 cm³/mol. The van der Waals surface area contributed by atoms with Crippen LogP contribution in [0.15, 0.2) is 12.3 Å². The Bertz CT molecular complexity index is 536. The molecule has 1 aliphatic carbocycles. The monoisotopic (exact) mass is 317 g/mol. The first kappa shape index (κ1) is 16.0. The second-order valence-electron chi connectivity index (χ2n) is 6.94. The van der Waals surface area contributed by atoms with E-state index >= 15 is 0 Å². The zero-order valence-electron chi connectivity index (χ0n) is 14.2. The van der Waals surface area contributed by atoms with Gasteiger partial charge in [0.05, 0.1) is 0 Å². The van der Waals surface area contributed by atoms with Crippen molar-refractivity contribution in [3.05, 3.63) is 12.3 Å². The molecular formula is C17H27N5O. The van der Waals surface area contributed by atoms with Crippen LogP contribution in [0.5, 0.6) is 0 Å². The Balaban J connectivity index is 1.48. The van der Waals surface area contributed by atoms with E-state index in [-0.39, 0.29) is 5.91 Å². The maximum atomic E-state index is 12.0. The maximum Gasteiger partial charge on any atom is 0.227 e. The van der Waals surface area contributed by atoms with Crippen molar-refractivity contribution in [1.29, 1.82) is 0 Å². The molecule has 126 valence electrons. The van der Waals surface area contributed by atoms with Gasteiger partial charge < -0.3 is 15.1 Å². The molecule has 1 saturated carbocycles. The van der Waals surface area contributed by atoms with Gasteiger partial charge in [-0.15, -0.1) is 0 Å². The lowest BCUT2D eigenvalue weighted by atomic mass is 9.91. The summed E-state index contributed by atoms with van der Waals surface area (Å²) in [6.45, 7) is 1.86. The predicted octanol–water partition coefficient (Wildman–Crippen LogP) is 1.82. The summed E-state index contributed by atoms with van der Waals surface area (Å²) in [7, 11) is 3.97. The van der Waals surface area contributed by atoms with Crippen molar-refractivity contribution in [2.75, 3.05) is 37.0 Å². The van der Waals surface area contributed by atoms with E-state index in [1.54, 1.807) is 0 Å². The molecule has 0 radical (unpaired) electrons. The summed E-state index contributed by atoms with van der Waals surface area (Å²) >= 11 is 0. The third kappa shape index (κ3) is 4.12. The standard InChI is InChI=1S/C17H27N5O/c1-21(2)15-6-9-18-17(20-15)22-10-7-13(8-11-22)12-16(23)19-14-4-3-5-14/h6,9,13-14H,3-5,7-8,10-12H2,1-2H3,(H,19,23). The van der Waals surface area contributed by atoms with Crippen molar-refractivity contribution >= 4 is 17.7 Å². The molecule has 0 bridgehead atoms. The van der Waals surface area contributed by atoms with Crippen LogP contribution in [0, 0.1) is 5.92 Å². The molecule has 6 heteroatoms. The number of rotatable bonds is 5. The van der Waals surface area contributed by atoms with E-state index in [0.29, 0.717) is 18.4 Å². The molecule has 0 spiro atoms. The molecule has 0 aromatic carbocycles. The van der Waals surface area contributed by atoms with Crippen LogP contribution in [0.2, 0.25) is 0 Å². The molecule has 2 heterocycles. The van der Waals surface area contributed by atoms with Crippen LogP contribution in [-0.4, -0.2) is 49.1 Å². The van der Waals surface area contributed by atoms with Crippen LogP contribution >= 0.6 is 0 Å². The van der Waals surface area contributed by atoms with Crippen LogP contribution in [0.25, 0.3) is 0 Å². The molecule has 0 atom stereocenters. The van der Waals surface area contributed by atoms with Gasteiger partial charge in [-0.3, -0.25) is 4.79 Å². The first-order chi connectivity index (χ1) is 11.1. The minimum absolute atomic E-state index is 0.235. The van der Waals surface area contributed by atoms with E-state index in [4.69, 9.17) is 0 Å². The van der Waals surface area contributed by atoms with Gasteiger partial charge in [0.1, 0.15) is 5.82 Å². The topological polar surface area (TPSA) is 61.4 Å². The fourth-order valence-electron chi connectivity index (χ4n) is 3.18. The zero-order valence-corrected chi connectivity index (χ0v) is 14.2. The zero-order chi connectivity index (χ0) is 16.2. The lowest BCUT2D eigenvalue weighted by Crippen LogP contribution is -2.41. The van der Waals surface area contributed by atoms with Gasteiger partial charge in [-0.05, 0) is 44.1 Å². The Morgan fingerprint density at radius 1 is 1.30 bits per heavy atom. The van der Waals surface area contributed by atoms with Gasteiger partial charge in [-0.25, -0.2) is 4.98 Å². The fraction of sp³-hybridized carbons (Fsp3) is 0.706. The second kappa shape index (κ2) is 7.15. The fourth-order valence-corrected chi connectivity index (χ4v) is 3.18. The number of hydrogen-bond donors (Lipinski definition) is 1. The summed E-state index contributed by atoms with van der Waals surface area (Å²) in [5.74, 6) is 2.45. The van der Waals surface area contributed by atoms with Gasteiger partial charge >= 0.3 is 0 Å². The number of amides is 1. The van der Waals surface area contributed by atoms with Gasteiger partial charge in [-0.1, -0.05) is 0 Å². The van der Waals surface area contributed by atoms with Crippen molar-refractivity contribution in [3.8, 4) is 0 Å². The largest absolute Gasteiger partial charge is 0.363 e. The van der Waals surface area contributed by atoms with Gasteiger partial charge in [0.15, 0.2) is 0 Å². The highest BCUT2D eigenvalue weighted by Gasteiger charge is 2.25. The Hall–Kier alpha value is -1.85. The second-order valence-corrected chi connectivity index (χ2v) is 6.94. The van der Waals surface area contributed by atoms with Crippen molar-refractivity contribution < 1.29 is 4.79 Å². The molecular weight excluding hydrogens is 290 g/mol. The first-order valence-corrected chi connectivity index (χ1v) is 8.66. The van der Waals surface area contributed by atoms with E-state index < -0.39 is 0 Å². The number of hydrogen-bond acceptors (Lipinski definition) is 5. The molecule has 1 aromatic rings. The molecule has 1 aromatic heterocycles. The summed E-state index contributed by atoms with van der Waals surface area (Å²) in [6.07, 6.45) is 8.13. The summed E-state index contributed by atoms with van der Waals surface area (Å²) in [6, 6.07) is 2.37. The molecule has 23 heavy (non-hydrogen) atoms. The smallest absolute Gasteiger partial charge is 0.227 e. The molecule has 1 amide bonds. The molecule has 6 nitrogen and oxygen atoms in total. The van der Waals surface area contributed by atoms with Gasteiger partial charge in [-0.2, -0.15) is 4.98 Å². The van der Waals surface area contributed by atoms with Crippen LogP contribution in [0.3, 0.4) is 0 Å². The molecule has 1 N–H and O–H groups in total. The Labute approximate surface area is 138 Å². The number of nitrogens with one attached hydrogen (secondary N) is 1. The van der Waals surface area contributed by atoms with E-state index in [0.717, 1.165) is 50.5 Å². The highest BCUT2D eigenvalue weighted by molar-refractivity contribution is 5.76. The highest BCUT2D eigenvalue weighted by atomic mass is 16.1. The maximum absolute atomic E-state index is 12.0. The number of anilines is 2. The van der Waals surface area contributed by atoms with Crippen LogP contribution in [0.1, 0.15) is 38.5 Å². The van der Waals surface area contributed by atoms with Crippen LogP contribution in [-0.2, 0) is 4.79 Å². The van der Waals surface area contributed by atoms with E-state index in [2.05, 4.69) is 20.2 Å². The van der Waals surface area contributed by atoms with Crippen molar-refractivity contribution in [3.63, 3.8) is 0 Å². The molecule has 3 rings (SSSR count). The summed E-state index contributed by atoms with van der Waals surface area (Å²) in [5, 5.41) is 3.14. The average Bonchev–Trinajstić information content (AvgIpc) is 2.52. The lowest BCUT2D eigenvalue weighted by molar-refractivity contribution is -0.123. The average molecular weight is 317 g/mol. The van der Waals surface area contributed by atoms with E-state index in [1.807, 2.05) is 31.3 Å². The van der Waals surface area contributed by atoms with Gasteiger partial charge in [0.25, 0.3) is 0 Å². The third-order valence-corrected chi connectivity index (χ3v) is 4.93. The third-order valence-electron chi connectivity index (χ3n) is 4.93. The number of carbonyl (C=O) groups is 1. The number of nitrogens with zero attached hydrogens (tertiary/aromatic N) is 4. The Morgan fingerprint density at radius 2 is 2.04 bits per heavy atom. The molecule has 1 saturated heterocycles. The van der Waals surface area contributed by atoms with E-state index in [1.165, 1.54) is 6.42 Å². The molecule has 1 aliphatic heterocycles. The first-order valence-electron chi connectivity index (χ1n) is 8.66. The molecule has 2 aliphatic rings. The highest BCUT2D eigenvalue weighted by Crippen LogP contribution is 2.25.